The molecule has 25 heavy (non-hydrogen) atoms. The van der Waals surface area contributed by atoms with E-state index in [1.54, 1.807) is 4.90 Å². The van der Waals surface area contributed by atoms with Gasteiger partial charge < -0.3 is 10.2 Å². The lowest BCUT2D eigenvalue weighted by molar-refractivity contribution is -0.00675. The lowest BCUT2D eigenvalue weighted by atomic mass is 10.0. The van der Waals surface area contributed by atoms with Crippen LogP contribution in [0, 0.1) is 17.8 Å². The van der Waals surface area contributed by atoms with Crippen molar-refractivity contribution in [2.45, 2.75) is 44.4 Å². The number of oxime groups is 1. The number of hydrogen-bond donors (Lipinski definition) is 1. The fraction of sp³-hybridized carbons (Fsp3) is 0.474. The summed E-state index contributed by atoms with van der Waals surface area (Å²) in [7, 11) is 0. The van der Waals surface area contributed by atoms with Crippen LogP contribution in [0.2, 0.25) is 5.02 Å². The van der Waals surface area contributed by atoms with Crippen LogP contribution in [0.15, 0.2) is 29.4 Å². The molecule has 0 bridgehead atoms. The summed E-state index contributed by atoms with van der Waals surface area (Å²) in [6, 6.07) is 7.67. The van der Waals surface area contributed by atoms with Crippen LogP contribution in [0.3, 0.4) is 0 Å². The molecule has 0 aromatic heterocycles. The molecule has 6 heteroatoms. The van der Waals surface area contributed by atoms with E-state index in [1.807, 2.05) is 24.3 Å². The van der Waals surface area contributed by atoms with E-state index in [1.165, 1.54) is 12.8 Å². The van der Waals surface area contributed by atoms with Crippen molar-refractivity contribution < 1.29 is 9.63 Å². The Morgan fingerprint density at radius 3 is 2.92 bits per heavy atom. The minimum Gasteiger partial charge on any atom is -0.369 e. The van der Waals surface area contributed by atoms with Crippen LogP contribution in [0.4, 0.5) is 4.79 Å². The lowest BCUT2D eigenvalue weighted by Crippen LogP contribution is -2.47. The smallest absolute Gasteiger partial charge is 0.320 e. The number of likely N-dealkylation sites (tertiary alicyclic amines) is 1. The van der Waals surface area contributed by atoms with Gasteiger partial charge >= 0.3 is 6.03 Å². The molecule has 2 fully saturated rings. The number of halogens is 1. The van der Waals surface area contributed by atoms with E-state index in [-0.39, 0.29) is 18.2 Å². The van der Waals surface area contributed by atoms with Gasteiger partial charge in [0.2, 0.25) is 6.23 Å². The second kappa shape index (κ2) is 6.97. The fourth-order valence-corrected chi connectivity index (χ4v) is 3.90. The molecule has 1 N–H and O–H groups in total. The highest BCUT2D eigenvalue weighted by molar-refractivity contribution is 6.30. The summed E-state index contributed by atoms with van der Waals surface area (Å²) < 4.78 is 0. The molecule has 1 aromatic carbocycles. The minimum absolute atomic E-state index is 0.0429. The van der Waals surface area contributed by atoms with E-state index in [9.17, 15) is 4.79 Å². The summed E-state index contributed by atoms with van der Waals surface area (Å²) in [6.07, 6.45) is 5.03. The summed E-state index contributed by atoms with van der Waals surface area (Å²) in [4.78, 5) is 19.8. The number of fused-ring (bicyclic) bond motifs is 1. The Hall–Kier alpha value is -2.19. The summed E-state index contributed by atoms with van der Waals surface area (Å²) in [5, 5.41) is 7.89. The van der Waals surface area contributed by atoms with E-state index in [2.05, 4.69) is 22.3 Å². The van der Waals surface area contributed by atoms with Gasteiger partial charge in [0.25, 0.3) is 0 Å². The van der Waals surface area contributed by atoms with Crippen LogP contribution in [0.1, 0.15) is 37.7 Å². The Kier molecular flexibility index (Phi) is 4.54. The van der Waals surface area contributed by atoms with E-state index in [0.717, 1.165) is 24.8 Å². The normalized spacial score (nSPS) is 25.0. The number of carbonyl (C=O) groups is 1. The second-order valence-corrected chi connectivity index (χ2v) is 7.19. The average Bonchev–Trinajstić information content (AvgIpc) is 3.31. The van der Waals surface area contributed by atoms with Crippen molar-refractivity contribution in [1.29, 1.82) is 0 Å². The molecule has 5 nitrogen and oxygen atoms in total. The molecule has 0 radical (unpaired) electrons. The molecule has 1 aromatic rings. The first-order valence-corrected chi connectivity index (χ1v) is 9.17. The van der Waals surface area contributed by atoms with Crippen molar-refractivity contribution in [3.8, 4) is 11.8 Å². The third-order valence-electron chi connectivity index (χ3n) is 5.05. The van der Waals surface area contributed by atoms with Crippen LogP contribution in [-0.4, -0.2) is 35.5 Å². The van der Waals surface area contributed by atoms with Crippen LogP contribution >= 0.6 is 11.6 Å². The maximum absolute atomic E-state index is 12.5. The number of hydrogen-bond acceptors (Lipinski definition) is 3. The van der Waals surface area contributed by atoms with Gasteiger partial charge in [-0.3, -0.25) is 4.90 Å². The third kappa shape index (κ3) is 3.45. The monoisotopic (exact) mass is 357 g/mol. The maximum Gasteiger partial charge on any atom is 0.320 e. The molecule has 2 amide bonds. The number of rotatable bonds is 1. The zero-order valence-electron chi connectivity index (χ0n) is 13.9. The van der Waals surface area contributed by atoms with Crippen molar-refractivity contribution in [1.82, 2.24) is 10.2 Å². The largest absolute Gasteiger partial charge is 0.369 e. The van der Waals surface area contributed by atoms with Gasteiger partial charge in [0.15, 0.2) is 0 Å². The van der Waals surface area contributed by atoms with Crippen molar-refractivity contribution in [2.75, 3.05) is 6.54 Å². The standard InChI is InChI=1S/C19H20ClN3O2/c20-14-5-3-4-13(12-14)8-9-17-16-10-11-23(18(16)25-22-17)19(24)21-15-6-1-2-7-15/h3-5,12,15-16,18H,1-2,6-7,10-11H2,(H,21,24). The van der Waals surface area contributed by atoms with Crippen molar-refractivity contribution in [2.24, 2.45) is 11.1 Å². The topological polar surface area (TPSA) is 53.9 Å². The molecular formula is C19H20ClN3O2. The van der Waals surface area contributed by atoms with Crippen molar-refractivity contribution in [3.63, 3.8) is 0 Å². The Balaban J connectivity index is 1.40. The second-order valence-electron chi connectivity index (χ2n) is 6.75. The first-order chi connectivity index (χ1) is 12.2. The van der Waals surface area contributed by atoms with Crippen molar-refractivity contribution in [3.05, 3.63) is 34.9 Å². The Morgan fingerprint density at radius 1 is 1.28 bits per heavy atom. The Labute approximate surface area is 152 Å². The van der Waals surface area contributed by atoms with Crippen LogP contribution in [0.25, 0.3) is 0 Å². The van der Waals surface area contributed by atoms with Gasteiger partial charge in [0.1, 0.15) is 5.71 Å². The zero-order valence-corrected chi connectivity index (χ0v) is 14.6. The van der Waals surface area contributed by atoms with Gasteiger partial charge in [0, 0.05) is 23.2 Å². The fourth-order valence-electron chi connectivity index (χ4n) is 3.71. The van der Waals surface area contributed by atoms with E-state index in [4.69, 9.17) is 16.4 Å². The number of nitrogens with one attached hydrogen (secondary N) is 1. The van der Waals surface area contributed by atoms with Crippen molar-refractivity contribution >= 4 is 23.3 Å². The van der Waals surface area contributed by atoms with E-state index in [0.29, 0.717) is 23.3 Å². The number of urea groups is 1. The molecule has 2 aliphatic heterocycles. The molecule has 130 valence electrons. The molecule has 2 unspecified atom stereocenters. The Morgan fingerprint density at radius 2 is 2.12 bits per heavy atom. The molecule has 2 heterocycles. The first kappa shape index (κ1) is 16.3. The van der Waals surface area contributed by atoms with Gasteiger partial charge in [-0.05, 0) is 43.4 Å². The van der Waals surface area contributed by atoms with Crippen LogP contribution < -0.4 is 5.32 Å². The maximum atomic E-state index is 12.5. The highest BCUT2D eigenvalue weighted by Crippen LogP contribution is 2.32. The summed E-state index contributed by atoms with van der Waals surface area (Å²) in [5.74, 6) is 6.22. The average molecular weight is 358 g/mol. The molecule has 0 spiro atoms. The number of benzene rings is 1. The predicted molar refractivity (Wildman–Crippen MR) is 96.2 cm³/mol. The summed E-state index contributed by atoms with van der Waals surface area (Å²) in [6.45, 7) is 0.672. The van der Waals surface area contributed by atoms with E-state index < -0.39 is 0 Å². The highest BCUT2D eigenvalue weighted by atomic mass is 35.5. The van der Waals surface area contributed by atoms with Gasteiger partial charge in [-0.2, -0.15) is 0 Å². The summed E-state index contributed by atoms with van der Waals surface area (Å²) in [5.41, 5.74) is 1.55. The zero-order chi connectivity index (χ0) is 17.2. The molecule has 4 rings (SSSR count). The molecule has 2 atom stereocenters. The third-order valence-corrected chi connectivity index (χ3v) is 5.28. The van der Waals surface area contributed by atoms with Gasteiger partial charge in [0.05, 0.1) is 5.92 Å². The molecule has 3 aliphatic rings. The SMILES string of the molecule is O=C(NC1CCCC1)N1CCC2C(C#Cc3cccc(Cl)c3)=NOC21. The Bertz CT molecular complexity index is 761. The minimum atomic E-state index is -0.329. The van der Waals surface area contributed by atoms with E-state index >= 15 is 0 Å². The lowest BCUT2D eigenvalue weighted by Gasteiger charge is -2.24. The molecule has 1 aliphatic carbocycles. The number of carbonyl (C=O) groups excluding carboxylic acids is 1. The molecular weight excluding hydrogens is 338 g/mol. The van der Waals surface area contributed by atoms with Gasteiger partial charge in [-0.1, -0.05) is 41.6 Å². The molecule has 1 saturated heterocycles. The van der Waals surface area contributed by atoms with Crippen LogP contribution in [0.5, 0.6) is 0 Å². The first-order valence-electron chi connectivity index (χ1n) is 8.79. The number of nitrogens with zero attached hydrogens (tertiary/aromatic N) is 2. The highest BCUT2D eigenvalue weighted by Gasteiger charge is 2.45. The van der Waals surface area contributed by atoms with Crippen LogP contribution in [-0.2, 0) is 4.84 Å². The van der Waals surface area contributed by atoms with Gasteiger partial charge in [-0.15, -0.1) is 0 Å². The quantitative estimate of drug-likeness (QED) is 0.783. The molecule has 1 saturated carbocycles. The predicted octanol–water partition coefficient (Wildman–Crippen LogP) is 3.38. The summed E-state index contributed by atoms with van der Waals surface area (Å²) >= 11 is 5.98. The number of amides is 2. The van der Waals surface area contributed by atoms with Gasteiger partial charge in [-0.25, -0.2) is 4.79 Å².